The van der Waals surface area contributed by atoms with E-state index < -0.39 is 0 Å². The summed E-state index contributed by atoms with van der Waals surface area (Å²) in [7, 11) is 2.17. The highest BCUT2D eigenvalue weighted by Gasteiger charge is 2.26. The topological polar surface area (TPSA) is 41.1 Å². The molecule has 0 saturated carbocycles. The minimum atomic E-state index is 0.316. The molecule has 0 radical (unpaired) electrons. The van der Waals surface area contributed by atoms with Gasteiger partial charge >= 0.3 is 0 Å². The number of hydrogen-bond acceptors (Lipinski definition) is 5. The largest absolute Gasteiger partial charge is 0.369 e. The lowest BCUT2D eigenvalue weighted by atomic mass is 10.1. The van der Waals surface area contributed by atoms with E-state index in [0.29, 0.717) is 12.0 Å². The second-order valence-corrected chi connectivity index (χ2v) is 7.73. The van der Waals surface area contributed by atoms with Crippen molar-refractivity contribution in [1.29, 1.82) is 0 Å². The van der Waals surface area contributed by atoms with Crippen molar-refractivity contribution in [3.8, 4) is 0 Å². The fraction of sp³-hybridized carbons (Fsp3) is 0.733. The first-order chi connectivity index (χ1) is 10.0. The van der Waals surface area contributed by atoms with E-state index in [-0.39, 0.29) is 0 Å². The summed E-state index contributed by atoms with van der Waals surface area (Å²) in [6.45, 7) is 8.56. The molecule has 4 nitrogen and oxygen atoms in total. The van der Waals surface area contributed by atoms with Gasteiger partial charge in [0.05, 0.1) is 16.2 Å². The molecule has 21 heavy (non-hydrogen) atoms. The summed E-state index contributed by atoms with van der Waals surface area (Å²) < 4.78 is 1.01. The normalized spacial score (nSPS) is 20.0. The van der Waals surface area contributed by atoms with E-state index in [9.17, 15) is 0 Å². The number of anilines is 1. The maximum Gasteiger partial charge on any atom is 0.149 e. The zero-order chi connectivity index (χ0) is 15.4. The molecule has 6 heteroatoms. The Morgan fingerprint density at radius 1 is 1.43 bits per heavy atom. The van der Waals surface area contributed by atoms with Gasteiger partial charge in [0, 0.05) is 24.6 Å². The summed E-state index contributed by atoms with van der Waals surface area (Å²) in [5, 5.41) is 3.43. The quantitative estimate of drug-likeness (QED) is 0.848. The summed E-state index contributed by atoms with van der Waals surface area (Å²) in [5.74, 6) is 4.54. The van der Waals surface area contributed by atoms with Crippen molar-refractivity contribution in [3.63, 3.8) is 0 Å². The fourth-order valence-electron chi connectivity index (χ4n) is 2.33. The Morgan fingerprint density at radius 2 is 2.19 bits per heavy atom. The number of rotatable bonds is 5. The van der Waals surface area contributed by atoms with Gasteiger partial charge in [-0.3, -0.25) is 4.90 Å². The lowest BCUT2D eigenvalue weighted by Gasteiger charge is -2.31. The first-order valence-electron chi connectivity index (χ1n) is 7.63. The third-order valence-corrected chi connectivity index (χ3v) is 5.48. The average molecular weight is 373 g/mol. The fourth-order valence-corrected chi connectivity index (χ4v) is 4.32. The monoisotopic (exact) mass is 372 g/mol. The van der Waals surface area contributed by atoms with Crippen LogP contribution in [-0.4, -0.2) is 46.5 Å². The zero-order valence-corrected chi connectivity index (χ0v) is 15.7. The van der Waals surface area contributed by atoms with Gasteiger partial charge in [0.15, 0.2) is 0 Å². The predicted molar refractivity (Wildman–Crippen MR) is 95.3 cm³/mol. The molecule has 0 bridgehead atoms. The number of aromatic nitrogens is 2. The van der Waals surface area contributed by atoms with Crippen LogP contribution >= 0.6 is 27.7 Å². The Balaban J connectivity index is 2.37. The SMILES string of the molecule is CCCNc1nc(C2CSCCN2C)nc(C(C)C)c1Br. The van der Waals surface area contributed by atoms with Crippen LogP contribution in [0.4, 0.5) is 5.82 Å². The van der Waals surface area contributed by atoms with Crippen LogP contribution in [0.1, 0.15) is 50.7 Å². The Morgan fingerprint density at radius 3 is 2.81 bits per heavy atom. The smallest absolute Gasteiger partial charge is 0.149 e. The van der Waals surface area contributed by atoms with E-state index in [1.165, 1.54) is 5.75 Å². The zero-order valence-electron chi connectivity index (χ0n) is 13.3. The van der Waals surface area contributed by atoms with E-state index in [4.69, 9.17) is 9.97 Å². The highest BCUT2D eigenvalue weighted by atomic mass is 79.9. The third kappa shape index (κ3) is 4.11. The molecule has 0 spiro atoms. The first kappa shape index (κ1) is 17.0. The molecular weight excluding hydrogens is 348 g/mol. The minimum absolute atomic E-state index is 0.316. The van der Waals surface area contributed by atoms with Crippen LogP contribution in [0, 0.1) is 0 Å². The van der Waals surface area contributed by atoms with Crippen molar-refractivity contribution in [2.24, 2.45) is 0 Å². The van der Waals surface area contributed by atoms with Gasteiger partial charge in [0.2, 0.25) is 0 Å². The molecule has 0 aliphatic carbocycles. The number of nitrogens with zero attached hydrogens (tertiary/aromatic N) is 3. The van der Waals surface area contributed by atoms with E-state index >= 15 is 0 Å². The van der Waals surface area contributed by atoms with Crippen LogP contribution < -0.4 is 5.32 Å². The lowest BCUT2D eigenvalue weighted by Crippen LogP contribution is -2.34. The van der Waals surface area contributed by atoms with Gasteiger partial charge < -0.3 is 5.32 Å². The predicted octanol–water partition coefficient (Wildman–Crippen LogP) is 3.90. The highest BCUT2D eigenvalue weighted by molar-refractivity contribution is 9.10. The second-order valence-electron chi connectivity index (χ2n) is 5.78. The molecule has 1 N–H and O–H groups in total. The molecule has 1 saturated heterocycles. The van der Waals surface area contributed by atoms with Crippen LogP contribution in [-0.2, 0) is 0 Å². The Kier molecular flexibility index (Phi) is 6.32. The highest BCUT2D eigenvalue weighted by Crippen LogP contribution is 2.33. The van der Waals surface area contributed by atoms with Gasteiger partial charge in [0.25, 0.3) is 0 Å². The Hall–Kier alpha value is -0.330. The second kappa shape index (κ2) is 7.79. The molecular formula is C15H25BrN4S. The van der Waals surface area contributed by atoms with E-state index in [0.717, 1.165) is 47.1 Å². The molecule has 118 valence electrons. The van der Waals surface area contributed by atoms with Crippen LogP contribution in [0.25, 0.3) is 0 Å². The average Bonchev–Trinajstić information content (AvgIpc) is 2.46. The van der Waals surface area contributed by atoms with Crippen molar-refractivity contribution in [2.75, 3.05) is 37.0 Å². The van der Waals surface area contributed by atoms with Crippen molar-refractivity contribution < 1.29 is 0 Å². The van der Waals surface area contributed by atoms with Crippen LogP contribution in [0.3, 0.4) is 0 Å². The van der Waals surface area contributed by atoms with Crippen LogP contribution in [0.2, 0.25) is 0 Å². The van der Waals surface area contributed by atoms with Gasteiger partial charge in [-0.2, -0.15) is 11.8 Å². The Bertz CT molecular complexity index is 481. The van der Waals surface area contributed by atoms with Crippen molar-refractivity contribution in [3.05, 3.63) is 16.0 Å². The summed E-state index contributed by atoms with van der Waals surface area (Å²) in [6, 6.07) is 0.316. The molecule has 0 aromatic carbocycles. The standard InChI is InChI=1S/C15H25BrN4S/c1-5-6-17-15-12(16)13(10(2)3)18-14(19-15)11-9-21-8-7-20(11)4/h10-11H,5-9H2,1-4H3,(H,17,18,19). The molecule has 1 aromatic rings. The van der Waals surface area contributed by atoms with Gasteiger partial charge in [0.1, 0.15) is 11.6 Å². The van der Waals surface area contributed by atoms with Gasteiger partial charge in [-0.25, -0.2) is 9.97 Å². The summed E-state index contributed by atoms with van der Waals surface area (Å²) in [6.07, 6.45) is 1.09. The van der Waals surface area contributed by atoms with E-state index in [2.05, 4.69) is 54.0 Å². The van der Waals surface area contributed by atoms with Crippen LogP contribution in [0.5, 0.6) is 0 Å². The van der Waals surface area contributed by atoms with Gasteiger partial charge in [-0.15, -0.1) is 0 Å². The van der Waals surface area contributed by atoms with Crippen molar-refractivity contribution in [1.82, 2.24) is 14.9 Å². The third-order valence-electron chi connectivity index (χ3n) is 3.68. The molecule has 2 rings (SSSR count). The number of hydrogen-bond donors (Lipinski definition) is 1. The lowest BCUT2D eigenvalue weighted by molar-refractivity contribution is 0.264. The molecule has 1 aromatic heterocycles. The maximum absolute atomic E-state index is 4.86. The summed E-state index contributed by atoms with van der Waals surface area (Å²) >= 11 is 5.67. The van der Waals surface area contributed by atoms with Crippen molar-refractivity contribution >= 4 is 33.5 Å². The molecule has 1 unspecified atom stereocenters. The first-order valence-corrected chi connectivity index (χ1v) is 9.58. The van der Waals surface area contributed by atoms with Crippen LogP contribution in [0.15, 0.2) is 4.47 Å². The Labute approximate surface area is 140 Å². The van der Waals surface area contributed by atoms with Crippen molar-refractivity contribution in [2.45, 2.75) is 39.2 Å². The number of nitrogens with one attached hydrogen (secondary N) is 1. The molecule has 1 aliphatic rings. The molecule has 2 heterocycles. The number of thioether (sulfide) groups is 1. The summed E-state index contributed by atoms with van der Waals surface area (Å²) in [5.41, 5.74) is 1.10. The molecule has 1 atom stereocenters. The van der Waals surface area contributed by atoms with Gasteiger partial charge in [-0.1, -0.05) is 20.8 Å². The summed E-state index contributed by atoms with van der Waals surface area (Å²) in [4.78, 5) is 12.0. The minimum Gasteiger partial charge on any atom is -0.369 e. The molecule has 0 amide bonds. The maximum atomic E-state index is 4.86. The molecule has 1 aliphatic heterocycles. The van der Waals surface area contributed by atoms with E-state index in [1.807, 2.05) is 11.8 Å². The van der Waals surface area contributed by atoms with Gasteiger partial charge in [-0.05, 0) is 35.3 Å². The van der Waals surface area contributed by atoms with E-state index in [1.54, 1.807) is 0 Å². The molecule has 1 fully saturated rings. The number of halogens is 1.